The molecule has 8 heteroatoms. The Hall–Kier alpha value is -2.71. The number of sulfonamides is 1. The van der Waals surface area contributed by atoms with Crippen LogP contribution in [0.1, 0.15) is 60.5 Å². The molecule has 0 aromatic heterocycles. The fraction of sp³-hybridized carbons (Fsp3) is 0.440. The molecular weight excluding hydrogens is 440 g/mol. The summed E-state index contributed by atoms with van der Waals surface area (Å²) in [4.78, 5) is 25.1. The summed E-state index contributed by atoms with van der Waals surface area (Å²) in [6, 6.07) is 10.4. The standard InChI is InChI=1S/C25H30N2O5S/c1-2-32-23-12-10-21(17-24(23)33(30,31)27-14-3-4-15-27)26-25(29)13-11-22(28)20-9-8-18-6-5-7-19(18)16-20/h8-10,12,16-17H,2-7,11,13-15H2,1H3,(H,26,29). The number of hydrogen-bond acceptors (Lipinski definition) is 5. The van der Waals surface area contributed by atoms with E-state index in [0.29, 0.717) is 30.9 Å². The van der Waals surface area contributed by atoms with Crippen LogP contribution in [0.2, 0.25) is 0 Å². The van der Waals surface area contributed by atoms with Crippen LogP contribution in [0.25, 0.3) is 0 Å². The van der Waals surface area contributed by atoms with Gasteiger partial charge in [0, 0.05) is 37.2 Å². The SMILES string of the molecule is CCOc1ccc(NC(=O)CCC(=O)c2ccc3c(c2)CCC3)cc1S(=O)(=O)N1CCCC1. The Kier molecular flexibility index (Phi) is 7.14. The molecule has 1 heterocycles. The Morgan fingerprint density at radius 2 is 1.73 bits per heavy atom. The molecule has 1 aliphatic heterocycles. The number of benzene rings is 2. The van der Waals surface area contributed by atoms with Gasteiger partial charge in [-0.3, -0.25) is 9.59 Å². The second-order valence-corrected chi connectivity index (χ2v) is 10.4. The minimum Gasteiger partial charge on any atom is -0.492 e. The Morgan fingerprint density at radius 1 is 0.970 bits per heavy atom. The largest absolute Gasteiger partial charge is 0.492 e. The van der Waals surface area contributed by atoms with E-state index in [9.17, 15) is 18.0 Å². The Labute approximate surface area is 195 Å². The zero-order valence-electron chi connectivity index (χ0n) is 18.9. The van der Waals surface area contributed by atoms with E-state index >= 15 is 0 Å². The van der Waals surface area contributed by atoms with Gasteiger partial charge in [0.2, 0.25) is 15.9 Å². The van der Waals surface area contributed by atoms with E-state index < -0.39 is 10.0 Å². The van der Waals surface area contributed by atoms with Crippen molar-refractivity contribution < 1.29 is 22.7 Å². The van der Waals surface area contributed by atoms with E-state index in [1.165, 1.54) is 21.5 Å². The van der Waals surface area contributed by atoms with Gasteiger partial charge in [-0.25, -0.2) is 8.42 Å². The fourth-order valence-electron chi connectivity index (χ4n) is 4.47. The smallest absolute Gasteiger partial charge is 0.246 e. The van der Waals surface area contributed by atoms with Gasteiger partial charge in [0.25, 0.3) is 0 Å². The maximum atomic E-state index is 13.1. The molecule has 0 unspecified atom stereocenters. The molecule has 2 aliphatic rings. The van der Waals surface area contributed by atoms with Gasteiger partial charge in [-0.1, -0.05) is 12.1 Å². The summed E-state index contributed by atoms with van der Waals surface area (Å²) in [5.41, 5.74) is 3.54. The number of fused-ring (bicyclic) bond motifs is 1. The first-order valence-corrected chi connectivity index (χ1v) is 13.0. The van der Waals surface area contributed by atoms with Gasteiger partial charge in [-0.2, -0.15) is 4.31 Å². The van der Waals surface area contributed by atoms with Crippen molar-refractivity contribution >= 4 is 27.4 Å². The predicted molar refractivity (Wildman–Crippen MR) is 126 cm³/mol. The van der Waals surface area contributed by atoms with Crippen LogP contribution in [0, 0.1) is 0 Å². The third-order valence-electron chi connectivity index (χ3n) is 6.21. The first kappa shape index (κ1) is 23.4. The highest BCUT2D eigenvalue weighted by atomic mass is 32.2. The van der Waals surface area contributed by atoms with Crippen molar-refractivity contribution in [2.45, 2.75) is 56.8 Å². The van der Waals surface area contributed by atoms with Gasteiger partial charge in [0.15, 0.2) is 5.78 Å². The van der Waals surface area contributed by atoms with Crippen LogP contribution in [0.4, 0.5) is 5.69 Å². The lowest BCUT2D eigenvalue weighted by Gasteiger charge is -2.19. The van der Waals surface area contributed by atoms with Crippen LogP contribution in [-0.4, -0.2) is 44.1 Å². The monoisotopic (exact) mass is 470 g/mol. The number of amides is 1. The molecule has 1 fully saturated rings. The minimum atomic E-state index is -3.71. The van der Waals surface area contributed by atoms with Crippen LogP contribution in [-0.2, 0) is 27.7 Å². The predicted octanol–water partition coefficient (Wildman–Crippen LogP) is 3.96. The second-order valence-electron chi connectivity index (χ2n) is 8.51. The van der Waals surface area contributed by atoms with Crippen molar-refractivity contribution in [3.8, 4) is 5.75 Å². The number of hydrogen-bond donors (Lipinski definition) is 1. The molecule has 0 bridgehead atoms. The van der Waals surface area contributed by atoms with Crippen molar-refractivity contribution in [2.75, 3.05) is 25.0 Å². The maximum absolute atomic E-state index is 13.1. The van der Waals surface area contributed by atoms with Crippen molar-refractivity contribution in [3.63, 3.8) is 0 Å². The number of nitrogens with zero attached hydrogens (tertiary/aromatic N) is 1. The lowest BCUT2D eigenvalue weighted by molar-refractivity contribution is -0.116. The van der Waals surface area contributed by atoms with Gasteiger partial charge in [0.05, 0.1) is 6.61 Å². The van der Waals surface area contributed by atoms with Crippen LogP contribution < -0.4 is 10.1 Å². The number of ether oxygens (including phenoxy) is 1. The molecule has 2 aromatic carbocycles. The van der Waals surface area contributed by atoms with E-state index in [4.69, 9.17) is 4.74 Å². The van der Waals surface area contributed by atoms with E-state index in [2.05, 4.69) is 5.32 Å². The van der Waals surface area contributed by atoms with E-state index in [-0.39, 0.29) is 35.2 Å². The van der Waals surface area contributed by atoms with Gasteiger partial charge in [0.1, 0.15) is 10.6 Å². The van der Waals surface area contributed by atoms with Crippen LogP contribution in [0.5, 0.6) is 5.75 Å². The number of anilines is 1. The Bertz CT molecular complexity index is 1150. The molecule has 1 amide bonds. The Balaban J connectivity index is 1.42. The van der Waals surface area contributed by atoms with Crippen molar-refractivity contribution in [1.82, 2.24) is 4.31 Å². The fourth-order valence-corrected chi connectivity index (χ4v) is 6.14. The summed E-state index contributed by atoms with van der Waals surface area (Å²) in [6.45, 7) is 3.09. The lowest BCUT2D eigenvalue weighted by Crippen LogP contribution is -2.28. The van der Waals surface area contributed by atoms with E-state index in [0.717, 1.165) is 32.1 Å². The molecule has 176 valence electrons. The van der Waals surface area contributed by atoms with Gasteiger partial charge in [-0.05, 0) is 74.4 Å². The average molecular weight is 471 g/mol. The number of carbonyl (C=O) groups excluding carboxylic acids is 2. The van der Waals surface area contributed by atoms with Crippen molar-refractivity contribution in [3.05, 3.63) is 53.1 Å². The lowest BCUT2D eigenvalue weighted by atomic mass is 10.0. The first-order valence-electron chi connectivity index (χ1n) is 11.6. The highest BCUT2D eigenvalue weighted by Gasteiger charge is 2.30. The second kappa shape index (κ2) is 10.1. The number of ketones is 1. The quantitative estimate of drug-likeness (QED) is 0.560. The van der Waals surface area contributed by atoms with Crippen LogP contribution in [0.15, 0.2) is 41.3 Å². The number of carbonyl (C=O) groups is 2. The van der Waals surface area contributed by atoms with Crippen molar-refractivity contribution in [1.29, 1.82) is 0 Å². The van der Waals surface area contributed by atoms with E-state index in [1.54, 1.807) is 19.1 Å². The number of nitrogens with one attached hydrogen (secondary N) is 1. The molecule has 2 aromatic rings. The molecule has 0 saturated carbocycles. The average Bonchev–Trinajstić information content (AvgIpc) is 3.50. The van der Waals surface area contributed by atoms with Gasteiger partial charge >= 0.3 is 0 Å². The van der Waals surface area contributed by atoms with Crippen LogP contribution in [0.3, 0.4) is 0 Å². The molecular formula is C25H30N2O5S. The number of aryl methyl sites for hydroxylation is 2. The van der Waals surface area contributed by atoms with Gasteiger partial charge < -0.3 is 10.1 Å². The summed E-state index contributed by atoms with van der Waals surface area (Å²) in [5.74, 6) is -0.128. The van der Waals surface area contributed by atoms with E-state index in [1.807, 2.05) is 18.2 Å². The summed E-state index contributed by atoms with van der Waals surface area (Å²) in [6.07, 6.45) is 4.96. The number of rotatable bonds is 9. The summed E-state index contributed by atoms with van der Waals surface area (Å²) in [5, 5.41) is 2.73. The zero-order chi connectivity index (χ0) is 23.4. The third-order valence-corrected chi connectivity index (χ3v) is 8.13. The van der Waals surface area contributed by atoms with Crippen LogP contribution >= 0.6 is 0 Å². The van der Waals surface area contributed by atoms with Gasteiger partial charge in [-0.15, -0.1) is 0 Å². The summed E-state index contributed by atoms with van der Waals surface area (Å²) < 4.78 is 33.2. The highest BCUT2D eigenvalue weighted by Crippen LogP contribution is 2.32. The molecule has 1 aliphatic carbocycles. The molecule has 1 saturated heterocycles. The third kappa shape index (κ3) is 5.28. The molecule has 4 rings (SSSR count). The summed E-state index contributed by atoms with van der Waals surface area (Å²) >= 11 is 0. The Morgan fingerprint density at radius 3 is 2.48 bits per heavy atom. The first-order chi connectivity index (χ1) is 15.9. The number of Topliss-reactive ketones (excluding diaryl/α,β-unsaturated/α-hetero) is 1. The zero-order valence-corrected chi connectivity index (χ0v) is 19.7. The molecule has 0 radical (unpaired) electrons. The molecule has 1 N–H and O–H groups in total. The maximum Gasteiger partial charge on any atom is 0.246 e. The van der Waals surface area contributed by atoms with Crippen molar-refractivity contribution in [2.24, 2.45) is 0 Å². The highest BCUT2D eigenvalue weighted by molar-refractivity contribution is 7.89. The minimum absolute atomic E-state index is 0.0251. The molecule has 33 heavy (non-hydrogen) atoms. The molecule has 0 atom stereocenters. The normalized spacial score (nSPS) is 15.9. The summed E-state index contributed by atoms with van der Waals surface area (Å²) in [7, 11) is -3.71. The molecule has 7 nitrogen and oxygen atoms in total. The topological polar surface area (TPSA) is 92.8 Å². The molecule has 0 spiro atoms.